The first-order chi connectivity index (χ1) is 6.76. The van der Waals surface area contributed by atoms with Gasteiger partial charge in [-0.3, -0.25) is 0 Å². The number of hydrogen-bond donors (Lipinski definition) is 1. The van der Waals surface area contributed by atoms with Gasteiger partial charge < -0.3 is 5.73 Å². The van der Waals surface area contributed by atoms with E-state index in [2.05, 4.69) is 19.1 Å². The van der Waals surface area contributed by atoms with Crippen LogP contribution in [0.1, 0.15) is 51.9 Å². The van der Waals surface area contributed by atoms with Crippen LogP contribution in [0.2, 0.25) is 0 Å². The summed E-state index contributed by atoms with van der Waals surface area (Å²) in [6, 6.07) is 0. The van der Waals surface area contributed by atoms with Crippen LogP contribution in [0.4, 0.5) is 0 Å². The van der Waals surface area contributed by atoms with Crippen molar-refractivity contribution >= 4 is 0 Å². The standard InChI is InChI=1S/C13H23N/c1-2-11-7-3-4-8-12(11)13(14)9-5-6-10-13/h5-6,11-12H,2-4,7-10,14H2,1H3. The van der Waals surface area contributed by atoms with Crippen molar-refractivity contribution in [1.82, 2.24) is 0 Å². The van der Waals surface area contributed by atoms with E-state index in [9.17, 15) is 0 Å². The molecule has 0 bridgehead atoms. The molecule has 14 heavy (non-hydrogen) atoms. The zero-order chi connectivity index (χ0) is 10.0. The third-order valence-corrected chi connectivity index (χ3v) is 4.33. The normalized spacial score (nSPS) is 36.1. The van der Waals surface area contributed by atoms with Crippen LogP contribution in [-0.4, -0.2) is 5.54 Å². The molecule has 2 rings (SSSR count). The first-order valence-electron chi connectivity index (χ1n) is 6.20. The minimum absolute atomic E-state index is 0.126. The SMILES string of the molecule is CCC1CCCCC1C1(N)CC=CC1. The highest BCUT2D eigenvalue weighted by Gasteiger charge is 2.40. The van der Waals surface area contributed by atoms with Gasteiger partial charge in [0.1, 0.15) is 0 Å². The molecule has 0 spiro atoms. The van der Waals surface area contributed by atoms with Crippen molar-refractivity contribution in [2.75, 3.05) is 0 Å². The zero-order valence-electron chi connectivity index (χ0n) is 9.34. The molecule has 0 amide bonds. The molecule has 0 saturated heterocycles. The van der Waals surface area contributed by atoms with E-state index >= 15 is 0 Å². The Labute approximate surface area is 87.8 Å². The van der Waals surface area contributed by atoms with Gasteiger partial charge in [0.2, 0.25) is 0 Å². The van der Waals surface area contributed by atoms with Crippen LogP contribution < -0.4 is 5.73 Å². The molecule has 2 atom stereocenters. The molecular formula is C13H23N. The van der Waals surface area contributed by atoms with Gasteiger partial charge in [0.25, 0.3) is 0 Å². The van der Waals surface area contributed by atoms with Crippen LogP contribution in [0.25, 0.3) is 0 Å². The summed E-state index contributed by atoms with van der Waals surface area (Å²) >= 11 is 0. The van der Waals surface area contributed by atoms with E-state index in [1.54, 1.807) is 0 Å². The molecule has 80 valence electrons. The predicted molar refractivity (Wildman–Crippen MR) is 61.0 cm³/mol. The summed E-state index contributed by atoms with van der Waals surface area (Å²) in [6.07, 6.45) is 13.7. The van der Waals surface area contributed by atoms with Crippen LogP contribution in [0.5, 0.6) is 0 Å². The molecule has 1 fully saturated rings. The molecular weight excluding hydrogens is 170 g/mol. The van der Waals surface area contributed by atoms with Crippen LogP contribution in [0.3, 0.4) is 0 Å². The molecule has 1 heteroatoms. The quantitative estimate of drug-likeness (QED) is 0.669. The van der Waals surface area contributed by atoms with Crippen molar-refractivity contribution in [3.8, 4) is 0 Å². The summed E-state index contributed by atoms with van der Waals surface area (Å²) in [6.45, 7) is 2.33. The van der Waals surface area contributed by atoms with Gasteiger partial charge in [0.15, 0.2) is 0 Å². The fraction of sp³-hybridized carbons (Fsp3) is 0.846. The zero-order valence-corrected chi connectivity index (χ0v) is 9.34. The van der Waals surface area contributed by atoms with Crippen LogP contribution >= 0.6 is 0 Å². The van der Waals surface area contributed by atoms with Crippen LogP contribution in [0.15, 0.2) is 12.2 Å². The van der Waals surface area contributed by atoms with Crippen molar-refractivity contribution in [3.63, 3.8) is 0 Å². The minimum atomic E-state index is 0.126. The Morgan fingerprint density at radius 3 is 2.50 bits per heavy atom. The predicted octanol–water partition coefficient (Wildman–Crippen LogP) is 3.25. The Kier molecular flexibility index (Phi) is 2.96. The van der Waals surface area contributed by atoms with Gasteiger partial charge in [0, 0.05) is 5.54 Å². The topological polar surface area (TPSA) is 26.0 Å². The number of hydrogen-bond acceptors (Lipinski definition) is 1. The molecule has 2 aliphatic carbocycles. The van der Waals surface area contributed by atoms with Gasteiger partial charge >= 0.3 is 0 Å². The summed E-state index contributed by atoms with van der Waals surface area (Å²) in [7, 11) is 0. The minimum Gasteiger partial charge on any atom is -0.324 e. The van der Waals surface area contributed by atoms with E-state index in [-0.39, 0.29) is 5.54 Å². The fourth-order valence-corrected chi connectivity index (χ4v) is 3.44. The monoisotopic (exact) mass is 193 g/mol. The second-order valence-corrected chi connectivity index (χ2v) is 5.17. The van der Waals surface area contributed by atoms with E-state index in [1.165, 1.54) is 32.1 Å². The molecule has 0 radical (unpaired) electrons. The van der Waals surface area contributed by atoms with E-state index < -0.39 is 0 Å². The third kappa shape index (κ3) is 1.75. The second kappa shape index (κ2) is 4.06. The van der Waals surface area contributed by atoms with Crippen molar-refractivity contribution in [2.45, 2.75) is 57.4 Å². The van der Waals surface area contributed by atoms with Crippen LogP contribution in [0, 0.1) is 11.8 Å². The maximum atomic E-state index is 6.54. The van der Waals surface area contributed by atoms with Crippen molar-refractivity contribution < 1.29 is 0 Å². The van der Waals surface area contributed by atoms with Gasteiger partial charge in [-0.25, -0.2) is 0 Å². The number of rotatable bonds is 2. The highest BCUT2D eigenvalue weighted by Crippen LogP contribution is 2.42. The lowest BCUT2D eigenvalue weighted by atomic mass is 9.67. The smallest absolute Gasteiger partial charge is 0.0255 e. The van der Waals surface area contributed by atoms with Crippen molar-refractivity contribution in [3.05, 3.63) is 12.2 Å². The third-order valence-electron chi connectivity index (χ3n) is 4.33. The lowest BCUT2D eigenvalue weighted by molar-refractivity contribution is 0.134. The molecule has 2 N–H and O–H groups in total. The summed E-state index contributed by atoms with van der Waals surface area (Å²) < 4.78 is 0. The lowest BCUT2D eigenvalue weighted by Gasteiger charge is -2.42. The van der Waals surface area contributed by atoms with E-state index in [4.69, 9.17) is 5.73 Å². The van der Waals surface area contributed by atoms with Gasteiger partial charge in [-0.15, -0.1) is 0 Å². The maximum absolute atomic E-state index is 6.54. The summed E-state index contributed by atoms with van der Waals surface area (Å²) in [5.41, 5.74) is 6.66. The highest BCUT2D eigenvalue weighted by molar-refractivity contribution is 5.10. The summed E-state index contributed by atoms with van der Waals surface area (Å²) in [5.74, 6) is 1.69. The Morgan fingerprint density at radius 2 is 1.86 bits per heavy atom. The first-order valence-corrected chi connectivity index (χ1v) is 6.20. The summed E-state index contributed by atoms with van der Waals surface area (Å²) in [5, 5.41) is 0. The van der Waals surface area contributed by atoms with Crippen molar-refractivity contribution in [1.29, 1.82) is 0 Å². The van der Waals surface area contributed by atoms with Crippen molar-refractivity contribution in [2.24, 2.45) is 17.6 Å². The van der Waals surface area contributed by atoms with E-state index in [0.717, 1.165) is 24.7 Å². The van der Waals surface area contributed by atoms with Gasteiger partial charge in [0.05, 0.1) is 0 Å². The molecule has 2 aliphatic rings. The van der Waals surface area contributed by atoms with Gasteiger partial charge in [-0.05, 0) is 31.1 Å². The molecule has 0 aromatic carbocycles. The van der Waals surface area contributed by atoms with Gasteiger partial charge in [-0.1, -0.05) is 44.8 Å². The fourth-order valence-electron chi connectivity index (χ4n) is 3.44. The molecule has 0 heterocycles. The second-order valence-electron chi connectivity index (χ2n) is 5.17. The molecule has 0 aliphatic heterocycles. The molecule has 0 aromatic heterocycles. The van der Waals surface area contributed by atoms with E-state index in [1.807, 2.05) is 0 Å². The molecule has 0 aromatic rings. The average Bonchev–Trinajstić information content (AvgIpc) is 2.66. The largest absolute Gasteiger partial charge is 0.324 e. The first kappa shape index (κ1) is 10.2. The van der Waals surface area contributed by atoms with E-state index in [0.29, 0.717) is 0 Å². The molecule has 1 saturated carbocycles. The molecule has 2 unspecified atom stereocenters. The lowest BCUT2D eigenvalue weighted by Crippen LogP contribution is -2.48. The Bertz CT molecular complexity index is 211. The van der Waals surface area contributed by atoms with Crippen LogP contribution in [-0.2, 0) is 0 Å². The molecule has 1 nitrogen and oxygen atoms in total. The average molecular weight is 193 g/mol. The Balaban J connectivity index is 2.06. The summed E-state index contributed by atoms with van der Waals surface area (Å²) in [4.78, 5) is 0. The highest BCUT2D eigenvalue weighted by atomic mass is 14.8. The number of nitrogens with two attached hydrogens (primary N) is 1. The Morgan fingerprint density at radius 1 is 1.21 bits per heavy atom. The maximum Gasteiger partial charge on any atom is 0.0255 e. The Hall–Kier alpha value is -0.300. The van der Waals surface area contributed by atoms with Gasteiger partial charge in [-0.2, -0.15) is 0 Å².